The second-order valence-corrected chi connectivity index (χ2v) is 5.97. The summed E-state index contributed by atoms with van der Waals surface area (Å²) in [5.74, 6) is -0.102. The Morgan fingerprint density at radius 2 is 2.19 bits per heavy atom. The van der Waals surface area contributed by atoms with Gasteiger partial charge in [-0.3, -0.25) is 4.79 Å². The number of carbonyl (C=O) groups is 1. The van der Waals surface area contributed by atoms with Crippen LogP contribution in [0.25, 0.3) is 0 Å². The van der Waals surface area contributed by atoms with Crippen LogP contribution in [0.5, 0.6) is 0 Å². The maximum absolute atomic E-state index is 11.8. The van der Waals surface area contributed by atoms with E-state index in [1.165, 1.54) is 0 Å². The van der Waals surface area contributed by atoms with E-state index in [4.69, 9.17) is 5.73 Å². The average Bonchev–Trinajstić information content (AvgIpc) is 2.60. The first-order chi connectivity index (χ1) is 9.93. The molecule has 1 aliphatic rings. The number of nitrogen functional groups attached to an aromatic ring is 1. The molecule has 1 heterocycles. The van der Waals surface area contributed by atoms with Gasteiger partial charge in [0.2, 0.25) is 0 Å². The monoisotopic (exact) mass is 291 g/mol. The van der Waals surface area contributed by atoms with Crippen molar-refractivity contribution in [3.8, 4) is 0 Å². The number of benzene rings is 1. The molecular formula is C16H25N3O2. The van der Waals surface area contributed by atoms with Gasteiger partial charge in [0, 0.05) is 25.2 Å². The summed E-state index contributed by atoms with van der Waals surface area (Å²) in [4.78, 5) is 14.0. The van der Waals surface area contributed by atoms with E-state index in [0.717, 1.165) is 38.0 Å². The first-order valence-corrected chi connectivity index (χ1v) is 7.58. The number of rotatable bonds is 3. The Bertz CT molecular complexity index is 514. The maximum Gasteiger partial charge on any atom is 0.251 e. The number of hydrogen-bond acceptors (Lipinski definition) is 4. The Hall–Kier alpha value is -1.75. The maximum atomic E-state index is 11.8. The van der Waals surface area contributed by atoms with Crippen LogP contribution in [0.4, 0.5) is 11.4 Å². The molecule has 116 valence electrons. The summed E-state index contributed by atoms with van der Waals surface area (Å²) < 4.78 is 0. The zero-order chi connectivity index (χ0) is 15.5. The largest absolute Gasteiger partial charge is 0.397 e. The van der Waals surface area contributed by atoms with Gasteiger partial charge in [-0.2, -0.15) is 0 Å². The molecule has 5 nitrogen and oxygen atoms in total. The number of anilines is 2. The molecule has 1 aliphatic heterocycles. The highest BCUT2D eigenvalue weighted by molar-refractivity contribution is 5.96. The van der Waals surface area contributed by atoms with Crippen molar-refractivity contribution in [1.29, 1.82) is 0 Å². The van der Waals surface area contributed by atoms with Crippen LogP contribution in [-0.4, -0.2) is 36.2 Å². The van der Waals surface area contributed by atoms with Crippen molar-refractivity contribution in [1.82, 2.24) is 5.32 Å². The number of nitrogens with two attached hydrogens (primary N) is 1. The lowest BCUT2D eigenvalue weighted by molar-refractivity contribution is 0.0481. The SMILES string of the molecule is CCNC(=O)c1ccc(N2CCCC(C)(O)CC2)c(N)c1. The number of carbonyl (C=O) groups excluding carboxylic acids is 1. The summed E-state index contributed by atoms with van der Waals surface area (Å²) >= 11 is 0. The number of nitrogens with one attached hydrogen (secondary N) is 1. The van der Waals surface area contributed by atoms with Crippen LogP contribution >= 0.6 is 0 Å². The number of nitrogens with zero attached hydrogens (tertiary/aromatic N) is 1. The molecule has 1 fully saturated rings. The predicted molar refractivity (Wildman–Crippen MR) is 85.5 cm³/mol. The quantitative estimate of drug-likeness (QED) is 0.742. The molecule has 1 aromatic rings. The van der Waals surface area contributed by atoms with E-state index in [-0.39, 0.29) is 5.91 Å². The molecule has 21 heavy (non-hydrogen) atoms. The summed E-state index contributed by atoms with van der Waals surface area (Å²) in [6.07, 6.45) is 2.47. The smallest absolute Gasteiger partial charge is 0.251 e. The van der Waals surface area contributed by atoms with Crippen molar-refractivity contribution in [2.24, 2.45) is 0 Å². The molecule has 0 aromatic heterocycles. The molecular weight excluding hydrogens is 266 g/mol. The van der Waals surface area contributed by atoms with Gasteiger partial charge >= 0.3 is 0 Å². The van der Waals surface area contributed by atoms with Crippen molar-refractivity contribution in [2.75, 3.05) is 30.3 Å². The molecule has 0 spiro atoms. The van der Waals surface area contributed by atoms with E-state index in [2.05, 4.69) is 10.2 Å². The Labute approximate surface area is 126 Å². The average molecular weight is 291 g/mol. The van der Waals surface area contributed by atoms with Gasteiger partial charge in [-0.1, -0.05) is 0 Å². The fourth-order valence-electron chi connectivity index (χ4n) is 2.75. The number of amides is 1. The van der Waals surface area contributed by atoms with E-state index < -0.39 is 5.60 Å². The first kappa shape index (κ1) is 15.6. The van der Waals surface area contributed by atoms with Crippen LogP contribution in [0.2, 0.25) is 0 Å². The lowest BCUT2D eigenvalue weighted by Crippen LogP contribution is -2.29. The first-order valence-electron chi connectivity index (χ1n) is 7.58. The van der Waals surface area contributed by atoms with E-state index in [1.807, 2.05) is 19.9 Å². The Kier molecular flexibility index (Phi) is 4.73. The van der Waals surface area contributed by atoms with Crippen LogP contribution in [0.15, 0.2) is 18.2 Å². The molecule has 4 N–H and O–H groups in total. The van der Waals surface area contributed by atoms with Crippen LogP contribution < -0.4 is 16.0 Å². The van der Waals surface area contributed by atoms with Crippen molar-refractivity contribution in [2.45, 2.75) is 38.7 Å². The van der Waals surface area contributed by atoms with E-state index in [0.29, 0.717) is 17.8 Å². The molecule has 1 unspecified atom stereocenters. The normalized spacial score (nSPS) is 22.7. The topological polar surface area (TPSA) is 78.6 Å². The fourth-order valence-corrected chi connectivity index (χ4v) is 2.75. The van der Waals surface area contributed by atoms with Crippen LogP contribution in [0, 0.1) is 0 Å². The van der Waals surface area contributed by atoms with Crippen LogP contribution in [-0.2, 0) is 0 Å². The van der Waals surface area contributed by atoms with Gasteiger partial charge in [0.1, 0.15) is 0 Å². The summed E-state index contributed by atoms with van der Waals surface area (Å²) in [5, 5.41) is 12.9. The molecule has 1 aromatic carbocycles. The van der Waals surface area contributed by atoms with E-state index >= 15 is 0 Å². The highest BCUT2D eigenvalue weighted by Gasteiger charge is 2.25. The third-order valence-electron chi connectivity index (χ3n) is 4.03. The fraction of sp³-hybridized carbons (Fsp3) is 0.562. The van der Waals surface area contributed by atoms with Crippen LogP contribution in [0.3, 0.4) is 0 Å². The van der Waals surface area contributed by atoms with Gasteiger partial charge in [0.15, 0.2) is 0 Å². The van der Waals surface area contributed by atoms with Gasteiger partial charge in [-0.15, -0.1) is 0 Å². The second-order valence-electron chi connectivity index (χ2n) is 5.97. The van der Waals surface area contributed by atoms with Gasteiger partial charge in [-0.25, -0.2) is 0 Å². The van der Waals surface area contributed by atoms with Crippen molar-refractivity contribution in [3.05, 3.63) is 23.8 Å². The van der Waals surface area contributed by atoms with Gasteiger partial charge < -0.3 is 21.1 Å². The summed E-state index contributed by atoms with van der Waals surface area (Å²) in [7, 11) is 0. The van der Waals surface area contributed by atoms with Gasteiger partial charge in [-0.05, 0) is 51.3 Å². The number of aliphatic hydroxyl groups is 1. The predicted octanol–water partition coefficient (Wildman–Crippen LogP) is 1.76. The van der Waals surface area contributed by atoms with Crippen molar-refractivity contribution < 1.29 is 9.90 Å². The zero-order valence-corrected chi connectivity index (χ0v) is 12.9. The molecule has 1 amide bonds. The van der Waals surface area contributed by atoms with Gasteiger partial charge in [0.25, 0.3) is 5.91 Å². The lowest BCUT2D eigenvalue weighted by atomic mass is 9.98. The third kappa shape index (κ3) is 3.88. The summed E-state index contributed by atoms with van der Waals surface area (Å²) in [5.41, 5.74) is 7.67. The standard InChI is InChI=1S/C16H25N3O2/c1-3-18-15(20)12-5-6-14(13(17)11-12)19-9-4-7-16(2,21)8-10-19/h5-6,11,21H,3-4,7-10,17H2,1-2H3,(H,18,20). The Morgan fingerprint density at radius 1 is 1.43 bits per heavy atom. The van der Waals surface area contributed by atoms with Crippen LogP contribution in [0.1, 0.15) is 43.5 Å². The minimum absolute atomic E-state index is 0.102. The second kappa shape index (κ2) is 6.35. The highest BCUT2D eigenvalue weighted by atomic mass is 16.3. The number of hydrogen-bond donors (Lipinski definition) is 3. The van der Waals surface area contributed by atoms with E-state index in [9.17, 15) is 9.90 Å². The molecule has 0 aliphatic carbocycles. The molecule has 2 rings (SSSR count). The third-order valence-corrected chi connectivity index (χ3v) is 4.03. The molecule has 5 heteroatoms. The summed E-state index contributed by atoms with van der Waals surface area (Å²) in [6, 6.07) is 5.43. The zero-order valence-electron chi connectivity index (χ0n) is 12.9. The Morgan fingerprint density at radius 3 is 2.86 bits per heavy atom. The Balaban J connectivity index is 2.15. The molecule has 0 radical (unpaired) electrons. The van der Waals surface area contributed by atoms with Crippen molar-refractivity contribution in [3.63, 3.8) is 0 Å². The molecule has 0 saturated carbocycles. The minimum atomic E-state index is -0.593. The van der Waals surface area contributed by atoms with Gasteiger partial charge in [0.05, 0.1) is 17.0 Å². The summed E-state index contributed by atoms with van der Waals surface area (Å²) in [6.45, 7) is 6.02. The lowest BCUT2D eigenvalue weighted by Gasteiger charge is -2.25. The van der Waals surface area contributed by atoms with E-state index in [1.54, 1.807) is 12.1 Å². The van der Waals surface area contributed by atoms with Crippen molar-refractivity contribution >= 4 is 17.3 Å². The molecule has 0 bridgehead atoms. The highest BCUT2D eigenvalue weighted by Crippen LogP contribution is 2.29. The molecule has 1 atom stereocenters. The minimum Gasteiger partial charge on any atom is -0.397 e. The molecule has 1 saturated heterocycles.